The van der Waals surface area contributed by atoms with Gasteiger partial charge in [0.05, 0.1) is 5.92 Å². The maximum Gasteiger partial charge on any atom is 0.323 e. The Kier molecular flexibility index (Phi) is 15.0. The van der Waals surface area contributed by atoms with Crippen LogP contribution in [0.3, 0.4) is 0 Å². The van der Waals surface area contributed by atoms with Crippen LogP contribution >= 0.6 is 12.4 Å². The van der Waals surface area contributed by atoms with Crippen LogP contribution in [0.5, 0.6) is 0 Å². The number of unbranched alkanes of at least 4 members (excludes halogenated alkanes) is 4. The third-order valence-corrected chi connectivity index (χ3v) is 4.23. The summed E-state index contributed by atoms with van der Waals surface area (Å²) in [6.45, 7) is 4.14. The number of carboxylic acids is 2. The summed E-state index contributed by atoms with van der Waals surface area (Å²) < 4.78 is 0. The van der Waals surface area contributed by atoms with Crippen LogP contribution in [0, 0.1) is 5.92 Å². The second kappa shape index (κ2) is 14.3. The standard InChI is InChI=1S/C18H33NO4.ClH/c1-3-5-7-11-15(16(20)21)12-8-10-14-18(19,17(22)23)13-9-6-4-2;/h8,10,15H,3-7,9,11-14,19H2,1-2H3,(H,20,21)(H,22,23);1H. The first-order chi connectivity index (χ1) is 10.9. The lowest BCUT2D eigenvalue weighted by Crippen LogP contribution is -2.47. The highest BCUT2D eigenvalue weighted by Gasteiger charge is 2.31. The van der Waals surface area contributed by atoms with Gasteiger partial charge in [0.1, 0.15) is 5.54 Å². The van der Waals surface area contributed by atoms with Crippen LogP contribution in [0.25, 0.3) is 0 Å². The fourth-order valence-electron chi connectivity index (χ4n) is 2.52. The molecular weight excluding hydrogens is 330 g/mol. The third-order valence-electron chi connectivity index (χ3n) is 4.23. The lowest BCUT2D eigenvalue weighted by molar-refractivity contribution is -0.144. The fraction of sp³-hybridized carbons (Fsp3) is 0.778. The van der Waals surface area contributed by atoms with E-state index in [0.29, 0.717) is 19.3 Å². The number of hydrogen-bond donors (Lipinski definition) is 3. The van der Waals surface area contributed by atoms with Crippen molar-refractivity contribution in [3.8, 4) is 0 Å². The summed E-state index contributed by atoms with van der Waals surface area (Å²) in [5, 5.41) is 18.5. The molecule has 142 valence electrons. The number of nitrogens with two attached hydrogens (primary N) is 1. The number of allylic oxidation sites excluding steroid dienone is 1. The number of carboxylic acid groups (broad SMARTS) is 2. The predicted octanol–water partition coefficient (Wildman–Crippen LogP) is 4.39. The number of halogens is 1. The molecule has 0 amide bonds. The van der Waals surface area contributed by atoms with E-state index in [1.165, 1.54) is 0 Å². The first-order valence-corrected chi connectivity index (χ1v) is 8.77. The Morgan fingerprint density at radius 2 is 1.62 bits per heavy atom. The van der Waals surface area contributed by atoms with Crippen LogP contribution in [-0.4, -0.2) is 27.7 Å². The first kappa shape index (κ1) is 25.2. The number of rotatable bonds is 14. The molecule has 0 radical (unpaired) electrons. The van der Waals surface area contributed by atoms with Crippen molar-refractivity contribution in [2.24, 2.45) is 11.7 Å². The summed E-state index contributed by atoms with van der Waals surface area (Å²) in [5.74, 6) is -2.17. The maximum absolute atomic E-state index is 11.4. The molecule has 0 saturated carbocycles. The molecule has 0 aromatic carbocycles. The molecule has 2 unspecified atom stereocenters. The molecule has 0 aliphatic heterocycles. The van der Waals surface area contributed by atoms with Crippen LogP contribution in [0.4, 0.5) is 0 Å². The lowest BCUT2D eigenvalue weighted by atomic mass is 9.89. The molecule has 6 heteroatoms. The molecule has 0 heterocycles. The van der Waals surface area contributed by atoms with Gasteiger partial charge in [0.2, 0.25) is 0 Å². The Morgan fingerprint density at radius 3 is 2.12 bits per heavy atom. The Labute approximate surface area is 152 Å². The van der Waals surface area contributed by atoms with Gasteiger partial charge in [-0.05, 0) is 25.7 Å². The SMILES string of the molecule is CCCCCC(CC=CCC(N)(CCCCC)C(=O)O)C(=O)O.Cl. The van der Waals surface area contributed by atoms with Gasteiger partial charge in [-0.15, -0.1) is 12.4 Å². The zero-order valence-corrected chi connectivity index (χ0v) is 15.8. The molecule has 0 aromatic heterocycles. The quantitative estimate of drug-likeness (QED) is 0.314. The third kappa shape index (κ3) is 10.7. The van der Waals surface area contributed by atoms with Crippen molar-refractivity contribution in [3.63, 3.8) is 0 Å². The van der Waals surface area contributed by atoms with E-state index >= 15 is 0 Å². The molecule has 0 spiro atoms. The van der Waals surface area contributed by atoms with E-state index in [2.05, 4.69) is 13.8 Å². The van der Waals surface area contributed by atoms with E-state index < -0.39 is 23.4 Å². The molecule has 5 nitrogen and oxygen atoms in total. The van der Waals surface area contributed by atoms with Gasteiger partial charge in [0.25, 0.3) is 0 Å². The van der Waals surface area contributed by atoms with E-state index in [0.717, 1.165) is 38.5 Å². The maximum atomic E-state index is 11.4. The van der Waals surface area contributed by atoms with E-state index in [4.69, 9.17) is 5.73 Å². The van der Waals surface area contributed by atoms with Crippen molar-refractivity contribution < 1.29 is 19.8 Å². The Bertz CT molecular complexity index is 387. The highest BCUT2D eigenvalue weighted by molar-refractivity contribution is 5.85. The second-order valence-corrected chi connectivity index (χ2v) is 6.36. The molecule has 0 aromatic rings. The molecule has 0 aliphatic rings. The van der Waals surface area contributed by atoms with E-state index in [-0.39, 0.29) is 18.8 Å². The molecule has 0 rings (SSSR count). The number of carbonyl (C=O) groups is 2. The van der Waals surface area contributed by atoms with Gasteiger partial charge < -0.3 is 15.9 Å². The predicted molar refractivity (Wildman–Crippen MR) is 99.6 cm³/mol. The normalized spacial score (nSPS) is 14.8. The van der Waals surface area contributed by atoms with E-state index in [9.17, 15) is 19.8 Å². The Balaban J connectivity index is 0. The van der Waals surface area contributed by atoms with Crippen molar-refractivity contribution in [2.75, 3.05) is 0 Å². The van der Waals surface area contributed by atoms with Crippen LogP contribution in [0.2, 0.25) is 0 Å². The molecule has 0 aliphatic carbocycles. The monoisotopic (exact) mass is 363 g/mol. The number of aliphatic carboxylic acids is 2. The van der Waals surface area contributed by atoms with Gasteiger partial charge in [0, 0.05) is 0 Å². The summed E-state index contributed by atoms with van der Waals surface area (Å²) in [7, 11) is 0. The molecule has 2 atom stereocenters. The van der Waals surface area contributed by atoms with E-state index in [1.807, 2.05) is 0 Å². The van der Waals surface area contributed by atoms with Gasteiger partial charge in [-0.3, -0.25) is 9.59 Å². The zero-order valence-electron chi connectivity index (χ0n) is 15.0. The van der Waals surface area contributed by atoms with Crippen molar-refractivity contribution >= 4 is 24.3 Å². The lowest BCUT2D eigenvalue weighted by Gasteiger charge is -2.23. The minimum atomic E-state index is -1.24. The van der Waals surface area contributed by atoms with Crippen molar-refractivity contribution in [1.82, 2.24) is 0 Å². The average molecular weight is 364 g/mol. The smallest absolute Gasteiger partial charge is 0.323 e. The summed E-state index contributed by atoms with van der Waals surface area (Å²) in [4.78, 5) is 22.6. The van der Waals surface area contributed by atoms with Crippen molar-refractivity contribution in [3.05, 3.63) is 12.2 Å². The number of hydrogen-bond acceptors (Lipinski definition) is 3. The molecule has 4 N–H and O–H groups in total. The summed E-state index contributed by atoms with van der Waals surface area (Å²) in [6, 6.07) is 0. The van der Waals surface area contributed by atoms with Crippen molar-refractivity contribution in [2.45, 2.75) is 83.6 Å². The van der Waals surface area contributed by atoms with Gasteiger partial charge in [-0.25, -0.2) is 0 Å². The average Bonchev–Trinajstić information content (AvgIpc) is 2.49. The fourth-order valence-corrected chi connectivity index (χ4v) is 2.52. The van der Waals surface area contributed by atoms with Crippen molar-refractivity contribution in [1.29, 1.82) is 0 Å². The highest BCUT2D eigenvalue weighted by Crippen LogP contribution is 2.19. The summed E-state index contributed by atoms with van der Waals surface area (Å²) in [5.41, 5.74) is 4.75. The summed E-state index contributed by atoms with van der Waals surface area (Å²) >= 11 is 0. The Hall–Kier alpha value is -1.07. The van der Waals surface area contributed by atoms with Gasteiger partial charge in [-0.2, -0.15) is 0 Å². The minimum absolute atomic E-state index is 0. The van der Waals surface area contributed by atoms with Crippen LogP contribution < -0.4 is 5.73 Å². The minimum Gasteiger partial charge on any atom is -0.481 e. The zero-order chi connectivity index (χ0) is 17.7. The van der Waals surface area contributed by atoms with Gasteiger partial charge >= 0.3 is 11.9 Å². The van der Waals surface area contributed by atoms with Crippen LogP contribution in [0.1, 0.15) is 78.1 Å². The topological polar surface area (TPSA) is 101 Å². The second-order valence-electron chi connectivity index (χ2n) is 6.36. The van der Waals surface area contributed by atoms with Crippen LogP contribution in [-0.2, 0) is 9.59 Å². The molecule has 0 fully saturated rings. The van der Waals surface area contributed by atoms with Crippen LogP contribution in [0.15, 0.2) is 12.2 Å². The molecule has 0 saturated heterocycles. The molecule has 0 bridgehead atoms. The highest BCUT2D eigenvalue weighted by atomic mass is 35.5. The first-order valence-electron chi connectivity index (χ1n) is 8.77. The van der Waals surface area contributed by atoms with Gasteiger partial charge in [-0.1, -0.05) is 64.5 Å². The van der Waals surface area contributed by atoms with Gasteiger partial charge in [0.15, 0.2) is 0 Å². The Morgan fingerprint density at radius 1 is 1.04 bits per heavy atom. The molecule has 24 heavy (non-hydrogen) atoms. The molecular formula is C18H34ClNO4. The van der Waals surface area contributed by atoms with E-state index in [1.54, 1.807) is 12.2 Å². The summed E-state index contributed by atoms with van der Waals surface area (Å²) in [6.07, 6.45) is 11.1. The largest absolute Gasteiger partial charge is 0.481 e.